The molecule has 4 rings (SSSR count). The molecule has 3 aromatic carbocycles. The molecule has 0 amide bonds. The Kier molecular flexibility index (Phi) is 5.58. The summed E-state index contributed by atoms with van der Waals surface area (Å²) in [5.41, 5.74) is 7.02. The molecule has 148 valence electrons. The summed E-state index contributed by atoms with van der Waals surface area (Å²) in [6.07, 6.45) is 5.45. The van der Waals surface area contributed by atoms with E-state index in [4.69, 9.17) is 0 Å². The van der Waals surface area contributed by atoms with E-state index in [1.807, 2.05) is 0 Å². The molecule has 0 N–H and O–H groups in total. The first-order valence-electron chi connectivity index (χ1n) is 10.7. The Morgan fingerprint density at radius 3 is 2.28 bits per heavy atom. The molecule has 0 aliphatic carbocycles. The van der Waals surface area contributed by atoms with E-state index in [-0.39, 0.29) is 5.41 Å². The van der Waals surface area contributed by atoms with Crippen molar-refractivity contribution in [3.8, 4) is 11.1 Å². The first-order chi connectivity index (χ1) is 14.1. The highest BCUT2D eigenvalue weighted by molar-refractivity contribution is 5.66. The SMILES string of the molecule is C=CCC1(C)CC(Cc2ccccc2C)N(c2ccc(-c3ccccc3)cc2)C1. The summed E-state index contributed by atoms with van der Waals surface area (Å²) in [4.78, 5) is 2.63. The van der Waals surface area contributed by atoms with Gasteiger partial charge in [0, 0.05) is 18.3 Å². The molecule has 3 aromatic rings. The largest absolute Gasteiger partial charge is 0.368 e. The highest BCUT2D eigenvalue weighted by Gasteiger charge is 2.39. The number of aryl methyl sites for hydroxylation is 1. The zero-order chi connectivity index (χ0) is 20.3. The minimum absolute atomic E-state index is 0.285. The van der Waals surface area contributed by atoms with Gasteiger partial charge in [-0.2, -0.15) is 0 Å². The monoisotopic (exact) mass is 381 g/mol. The molecular formula is C28H31N. The minimum atomic E-state index is 0.285. The van der Waals surface area contributed by atoms with Crippen molar-refractivity contribution in [2.75, 3.05) is 11.4 Å². The van der Waals surface area contributed by atoms with Gasteiger partial charge in [-0.15, -0.1) is 6.58 Å². The van der Waals surface area contributed by atoms with E-state index in [2.05, 4.69) is 110 Å². The number of hydrogen-bond donors (Lipinski definition) is 0. The number of nitrogens with zero attached hydrogens (tertiary/aromatic N) is 1. The maximum Gasteiger partial charge on any atom is 0.0369 e. The van der Waals surface area contributed by atoms with Gasteiger partial charge in [0.1, 0.15) is 0 Å². The summed E-state index contributed by atoms with van der Waals surface area (Å²) in [7, 11) is 0. The second-order valence-electron chi connectivity index (χ2n) is 8.83. The Bertz CT molecular complexity index is 957. The zero-order valence-corrected chi connectivity index (χ0v) is 17.6. The Balaban J connectivity index is 1.61. The standard InChI is InChI=1S/C28H31N/c1-4-18-28(3)20-27(19-25-13-9-8-10-22(25)2)29(21-28)26-16-14-24(15-17-26)23-11-6-5-7-12-23/h4-17,27H,1,18-21H2,2-3H3. The van der Waals surface area contributed by atoms with Crippen LogP contribution in [0.5, 0.6) is 0 Å². The zero-order valence-electron chi connectivity index (χ0n) is 17.6. The van der Waals surface area contributed by atoms with Crippen LogP contribution in [0.25, 0.3) is 11.1 Å². The van der Waals surface area contributed by atoms with Crippen molar-refractivity contribution in [1.29, 1.82) is 0 Å². The maximum atomic E-state index is 4.02. The van der Waals surface area contributed by atoms with E-state index in [9.17, 15) is 0 Å². The molecule has 0 aromatic heterocycles. The average Bonchev–Trinajstić information content (AvgIpc) is 3.07. The van der Waals surface area contributed by atoms with Crippen LogP contribution < -0.4 is 4.90 Å². The van der Waals surface area contributed by atoms with E-state index >= 15 is 0 Å². The highest BCUT2D eigenvalue weighted by atomic mass is 15.2. The van der Waals surface area contributed by atoms with Crippen LogP contribution in [0.3, 0.4) is 0 Å². The first kappa shape index (κ1) is 19.5. The van der Waals surface area contributed by atoms with Crippen molar-refractivity contribution in [3.63, 3.8) is 0 Å². The molecule has 1 heterocycles. The predicted molar refractivity (Wildman–Crippen MR) is 125 cm³/mol. The lowest BCUT2D eigenvalue weighted by molar-refractivity contribution is 0.362. The summed E-state index contributed by atoms with van der Waals surface area (Å²) in [5.74, 6) is 0. The summed E-state index contributed by atoms with van der Waals surface area (Å²) in [6, 6.07) is 29.1. The van der Waals surface area contributed by atoms with E-state index in [0.717, 1.165) is 19.4 Å². The third-order valence-corrected chi connectivity index (χ3v) is 6.38. The Morgan fingerprint density at radius 1 is 0.931 bits per heavy atom. The van der Waals surface area contributed by atoms with Crippen LogP contribution in [0.15, 0.2) is 91.5 Å². The van der Waals surface area contributed by atoms with Crippen molar-refractivity contribution in [2.24, 2.45) is 5.41 Å². The Morgan fingerprint density at radius 2 is 1.59 bits per heavy atom. The van der Waals surface area contributed by atoms with Gasteiger partial charge < -0.3 is 4.90 Å². The molecule has 1 aliphatic rings. The Hall–Kier alpha value is -2.80. The molecule has 0 saturated carbocycles. The maximum absolute atomic E-state index is 4.02. The molecule has 1 heteroatoms. The number of benzene rings is 3. The van der Waals surface area contributed by atoms with Crippen LogP contribution in [0.4, 0.5) is 5.69 Å². The van der Waals surface area contributed by atoms with Gasteiger partial charge in [-0.25, -0.2) is 0 Å². The van der Waals surface area contributed by atoms with E-state index in [1.165, 1.54) is 34.4 Å². The van der Waals surface area contributed by atoms with Crippen molar-refractivity contribution in [3.05, 3.63) is 103 Å². The molecular weight excluding hydrogens is 350 g/mol. The number of allylic oxidation sites excluding steroid dienone is 1. The van der Waals surface area contributed by atoms with Gasteiger partial charge in [0.05, 0.1) is 0 Å². The molecule has 0 spiro atoms. The van der Waals surface area contributed by atoms with Crippen LogP contribution in [-0.2, 0) is 6.42 Å². The first-order valence-corrected chi connectivity index (χ1v) is 10.7. The van der Waals surface area contributed by atoms with Crippen molar-refractivity contribution >= 4 is 5.69 Å². The molecule has 1 fully saturated rings. The summed E-state index contributed by atoms with van der Waals surface area (Å²) < 4.78 is 0. The van der Waals surface area contributed by atoms with Gasteiger partial charge in [0.25, 0.3) is 0 Å². The molecule has 1 saturated heterocycles. The molecule has 1 aliphatic heterocycles. The summed E-state index contributed by atoms with van der Waals surface area (Å²) in [6.45, 7) is 9.74. The third-order valence-electron chi connectivity index (χ3n) is 6.38. The van der Waals surface area contributed by atoms with Crippen molar-refractivity contribution in [1.82, 2.24) is 0 Å². The lowest BCUT2D eigenvalue weighted by Gasteiger charge is -2.28. The molecule has 0 radical (unpaired) electrons. The molecule has 29 heavy (non-hydrogen) atoms. The van der Waals surface area contributed by atoms with Crippen LogP contribution in [0, 0.1) is 12.3 Å². The lowest BCUT2D eigenvalue weighted by atomic mass is 9.83. The second-order valence-corrected chi connectivity index (χ2v) is 8.83. The second kappa shape index (κ2) is 8.29. The number of rotatable bonds is 6. The quantitative estimate of drug-likeness (QED) is 0.413. The lowest BCUT2D eigenvalue weighted by Crippen LogP contribution is -2.31. The fourth-order valence-electron chi connectivity index (χ4n) is 4.83. The normalized spacial score (nSPS) is 21.3. The minimum Gasteiger partial charge on any atom is -0.368 e. The van der Waals surface area contributed by atoms with Gasteiger partial charge in [-0.1, -0.05) is 79.7 Å². The van der Waals surface area contributed by atoms with Crippen molar-refractivity contribution in [2.45, 2.75) is 39.2 Å². The average molecular weight is 382 g/mol. The van der Waals surface area contributed by atoms with Gasteiger partial charge in [0.15, 0.2) is 0 Å². The van der Waals surface area contributed by atoms with E-state index in [1.54, 1.807) is 0 Å². The van der Waals surface area contributed by atoms with Crippen LogP contribution in [-0.4, -0.2) is 12.6 Å². The number of anilines is 1. The van der Waals surface area contributed by atoms with Gasteiger partial charge in [0.2, 0.25) is 0 Å². The van der Waals surface area contributed by atoms with Crippen LogP contribution in [0.1, 0.15) is 30.9 Å². The molecule has 1 nitrogen and oxygen atoms in total. The Labute approximate surface area is 175 Å². The van der Waals surface area contributed by atoms with Gasteiger partial charge in [-0.3, -0.25) is 0 Å². The fraction of sp³-hybridized carbons (Fsp3) is 0.286. The smallest absolute Gasteiger partial charge is 0.0369 e. The van der Waals surface area contributed by atoms with Crippen LogP contribution >= 0.6 is 0 Å². The topological polar surface area (TPSA) is 3.24 Å². The summed E-state index contributed by atoms with van der Waals surface area (Å²) >= 11 is 0. The highest BCUT2D eigenvalue weighted by Crippen LogP contribution is 2.42. The van der Waals surface area contributed by atoms with Gasteiger partial charge in [-0.05, 0) is 66.0 Å². The van der Waals surface area contributed by atoms with Crippen molar-refractivity contribution < 1.29 is 0 Å². The molecule has 2 unspecified atom stereocenters. The van der Waals surface area contributed by atoms with Gasteiger partial charge >= 0.3 is 0 Å². The fourth-order valence-corrected chi connectivity index (χ4v) is 4.83. The van der Waals surface area contributed by atoms with E-state index < -0.39 is 0 Å². The molecule has 0 bridgehead atoms. The third kappa shape index (κ3) is 4.29. The summed E-state index contributed by atoms with van der Waals surface area (Å²) in [5, 5.41) is 0. The van der Waals surface area contributed by atoms with Crippen LogP contribution in [0.2, 0.25) is 0 Å². The van der Waals surface area contributed by atoms with E-state index in [0.29, 0.717) is 6.04 Å². The number of hydrogen-bond acceptors (Lipinski definition) is 1. The molecule has 2 atom stereocenters. The predicted octanol–water partition coefficient (Wildman–Crippen LogP) is 7.07.